The molecule has 0 spiro atoms. The molecule has 1 aromatic heterocycles. The lowest BCUT2D eigenvalue weighted by Gasteiger charge is -2.04. The second-order valence-corrected chi connectivity index (χ2v) is 4.42. The minimum Gasteiger partial charge on any atom is -0.494 e. The van der Waals surface area contributed by atoms with Crippen molar-refractivity contribution in [1.29, 1.82) is 0 Å². The monoisotopic (exact) mass is 245 g/mol. The van der Waals surface area contributed by atoms with Crippen molar-refractivity contribution in [2.24, 2.45) is 0 Å². The Morgan fingerprint density at radius 2 is 2.00 bits per heavy atom. The maximum absolute atomic E-state index is 5.42. The van der Waals surface area contributed by atoms with Crippen LogP contribution in [0.5, 0.6) is 5.75 Å². The third-order valence-electron chi connectivity index (χ3n) is 2.49. The van der Waals surface area contributed by atoms with Gasteiger partial charge in [0.15, 0.2) is 0 Å². The fourth-order valence-electron chi connectivity index (χ4n) is 1.74. The van der Waals surface area contributed by atoms with Crippen LogP contribution >= 0.6 is 0 Å². The number of ether oxygens (including phenoxy) is 1. The zero-order valence-corrected chi connectivity index (χ0v) is 11.0. The Hall–Kier alpha value is -1.97. The van der Waals surface area contributed by atoms with Gasteiger partial charge >= 0.3 is 0 Å². The SMILES string of the molecule is CCOc1ccc(-c2cc(NC(C)C)n[nH]2)cc1. The number of rotatable bonds is 5. The van der Waals surface area contributed by atoms with E-state index < -0.39 is 0 Å². The lowest BCUT2D eigenvalue weighted by atomic mass is 10.1. The van der Waals surface area contributed by atoms with Crippen LogP contribution in [-0.4, -0.2) is 22.8 Å². The normalized spacial score (nSPS) is 10.7. The lowest BCUT2D eigenvalue weighted by molar-refractivity contribution is 0.340. The number of hydrogen-bond acceptors (Lipinski definition) is 3. The Morgan fingerprint density at radius 1 is 1.28 bits per heavy atom. The molecule has 0 bridgehead atoms. The Bertz CT molecular complexity index is 488. The third kappa shape index (κ3) is 3.03. The summed E-state index contributed by atoms with van der Waals surface area (Å²) in [5.41, 5.74) is 2.10. The van der Waals surface area contributed by atoms with E-state index in [1.54, 1.807) is 0 Å². The molecule has 0 fully saturated rings. The van der Waals surface area contributed by atoms with E-state index in [0.717, 1.165) is 22.8 Å². The molecule has 0 unspecified atom stereocenters. The number of hydrogen-bond donors (Lipinski definition) is 2. The van der Waals surface area contributed by atoms with Crippen molar-refractivity contribution in [3.63, 3.8) is 0 Å². The predicted molar refractivity (Wildman–Crippen MR) is 74.0 cm³/mol. The van der Waals surface area contributed by atoms with Crippen molar-refractivity contribution >= 4 is 5.82 Å². The molecule has 0 aliphatic rings. The summed E-state index contributed by atoms with van der Waals surface area (Å²) in [6, 6.07) is 10.4. The number of nitrogens with zero attached hydrogens (tertiary/aromatic N) is 1. The molecule has 0 atom stereocenters. The highest BCUT2D eigenvalue weighted by Crippen LogP contribution is 2.22. The van der Waals surface area contributed by atoms with Gasteiger partial charge in [0.1, 0.15) is 11.6 Å². The van der Waals surface area contributed by atoms with Gasteiger partial charge in [0.25, 0.3) is 0 Å². The summed E-state index contributed by atoms with van der Waals surface area (Å²) in [6.45, 7) is 6.84. The Morgan fingerprint density at radius 3 is 2.61 bits per heavy atom. The standard InChI is InChI=1S/C14H19N3O/c1-4-18-12-7-5-11(6-8-12)13-9-14(17-16-13)15-10(2)3/h5-10H,4H2,1-3H3,(H2,15,16,17). The van der Waals surface area contributed by atoms with E-state index in [9.17, 15) is 0 Å². The number of H-pyrrole nitrogens is 1. The van der Waals surface area contributed by atoms with E-state index >= 15 is 0 Å². The van der Waals surface area contributed by atoms with Gasteiger partial charge < -0.3 is 10.1 Å². The van der Waals surface area contributed by atoms with E-state index in [0.29, 0.717) is 12.6 Å². The van der Waals surface area contributed by atoms with Gasteiger partial charge in [-0.1, -0.05) is 0 Å². The fraction of sp³-hybridized carbons (Fsp3) is 0.357. The highest BCUT2D eigenvalue weighted by molar-refractivity contribution is 5.63. The molecule has 1 aromatic carbocycles. The van der Waals surface area contributed by atoms with Crippen molar-refractivity contribution in [2.45, 2.75) is 26.8 Å². The zero-order chi connectivity index (χ0) is 13.0. The fourth-order valence-corrected chi connectivity index (χ4v) is 1.74. The van der Waals surface area contributed by atoms with Gasteiger partial charge in [-0.2, -0.15) is 5.10 Å². The van der Waals surface area contributed by atoms with Gasteiger partial charge in [-0.25, -0.2) is 0 Å². The third-order valence-corrected chi connectivity index (χ3v) is 2.49. The number of aromatic nitrogens is 2. The van der Waals surface area contributed by atoms with Crippen LogP contribution in [0, 0.1) is 0 Å². The average Bonchev–Trinajstić information content (AvgIpc) is 2.78. The molecule has 0 radical (unpaired) electrons. The molecule has 4 heteroatoms. The molecule has 4 nitrogen and oxygen atoms in total. The van der Waals surface area contributed by atoms with Gasteiger partial charge in [-0.15, -0.1) is 0 Å². The second-order valence-electron chi connectivity index (χ2n) is 4.42. The molecule has 0 saturated heterocycles. The summed E-state index contributed by atoms with van der Waals surface area (Å²) in [4.78, 5) is 0. The van der Waals surface area contributed by atoms with Crippen LogP contribution in [0.3, 0.4) is 0 Å². The van der Waals surface area contributed by atoms with Crippen molar-refractivity contribution in [3.05, 3.63) is 30.3 Å². The highest BCUT2D eigenvalue weighted by atomic mass is 16.5. The Labute approximate surface area is 107 Å². The van der Waals surface area contributed by atoms with Crippen LogP contribution in [0.15, 0.2) is 30.3 Å². The van der Waals surface area contributed by atoms with Crippen LogP contribution in [0.2, 0.25) is 0 Å². The molecule has 18 heavy (non-hydrogen) atoms. The molecular formula is C14H19N3O. The summed E-state index contributed by atoms with van der Waals surface area (Å²) < 4.78 is 5.42. The van der Waals surface area contributed by atoms with E-state index in [1.807, 2.05) is 37.3 Å². The molecule has 96 valence electrons. The van der Waals surface area contributed by atoms with Gasteiger partial charge in [0.2, 0.25) is 0 Å². The quantitative estimate of drug-likeness (QED) is 0.849. The molecule has 2 aromatic rings. The second kappa shape index (κ2) is 5.58. The summed E-state index contributed by atoms with van der Waals surface area (Å²) >= 11 is 0. The first-order valence-corrected chi connectivity index (χ1v) is 6.24. The van der Waals surface area contributed by atoms with Gasteiger partial charge in [0.05, 0.1) is 12.3 Å². The van der Waals surface area contributed by atoms with Crippen LogP contribution in [0.1, 0.15) is 20.8 Å². The van der Waals surface area contributed by atoms with Crippen LogP contribution in [-0.2, 0) is 0 Å². The minimum absolute atomic E-state index is 0.376. The predicted octanol–water partition coefficient (Wildman–Crippen LogP) is 3.30. The van der Waals surface area contributed by atoms with Crippen molar-refractivity contribution in [2.75, 3.05) is 11.9 Å². The summed E-state index contributed by atoms with van der Waals surface area (Å²) in [7, 11) is 0. The summed E-state index contributed by atoms with van der Waals surface area (Å²) in [5.74, 6) is 1.76. The largest absolute Gasteiger partial charge is 0.494 e. The van der Waals surface area contributed by atoms with E-state index in [-0.39, 0.29) is 0 Å². The number of anilines is 1. The number of benzene rings is 1. The van der Waals surface area contributed by atoms with Gasteiger partial charge in [0, 0.05) is 12.1 Å². The average molecular weight is 245 g/mol. The van der Waals surface area contributed by atoms with Crippen LogP contribution in [0.4, 0.5) is 5.82 Å². The molecule has 2 N–H and O–H groups in total. The minimum atomic E-state index is 0.376. The molecule has 0 aliphatic carbocycles. The Kier molecular flexibility index (Phi) is 3.87. The van der Waals surface area contributed by atoms with Gasteiger partial charge in [-0.3, -0.25) is 5.10 Å². The maximum atomic E-state index is 5.42. The molecule has 1 heterocycles. The van der Waals surface area contributed by atoms with E-state index in [4.69, 9.17) is 4.74 Å². The first-order chi connectivity index (χ1) is 8.69. The van der Waals surface area contributed by atoms with Crippen molar-refractivity contribution < 1.29 is 4.74 Å². The molecular weight excluding hydrogens is 226 g/mol. The first kappa shape index (κ1) is 12.5. The lowest BCUT2D eigenvalue weighted by Crippen LogP contribution is -2.09. The smallest absolute Gasteiger partial charge is 0.148 e. The Balaban J connectivity index is 2.13. The van der Waals surface area contributed by atoms with Crippen LogP contribution < -0.4 is 10.1 Å². The molecule has 0 saturated carbocycles. The van der Waals surface area contributed by atoms with Crippen molar-refractivity contribution in [3.8, 4) is 17.0 Å². The topological polar surface area (TPSA) is 49.9 Å². The van der Waals surface area contributed by atoms with E-state index in [1.165, 1.54) is 0 Å². The number of aromatic amines is 1. The number of nitrogens with one attached hydrogen (secondary N) is 2. The van der Waals surface area contributed by atoms with E-state index in [2.05, 4.69) is 29.4 Å². The van der Waals surface area contributed by atoms with Crippen LogP contribution in [0.25, 0.3) is 11.3 Å². The first-order valence-electron chi connectivity index (χ1n) is 6.24. The summed E-state index contributed by atoms with van der Waals surface area (Å²) in [6.07, 6.45) is 0. The maximum Gasteiger partial charge on any atom is 0.148 e. The molecule has 0 aliphatic heterocycles. The molecule has 0 amide bonds. The molecule has 2 rings (SSSR count). The highest BCUT2D eigenvalue weighted by Gasteiger charge is 2.04. The van der Waals surface area contributed by atoms with Gasteiger partial charge in [-0.05, 0) is 50.6 Å². The van der Waals surface area contributed by atoms with Crippen molar-refractivity contribution in [1.82, 2.24) is 10.2 Å². The zero-order valence-electron chi connectivity index (χ0n) is 11.0. The summed E-state index contributed by atoms with van der Waals surface area (Å²) in [5, 5.41) is 10.5.